The maximum absolute atomic E-state index is 11.8. The van der Waals surface area contributed by atoms with Crippen molar-refractivity contribution in [2.45, 2.75) is 26.4 Å². The molecule has 0 saturated carbocycles. The van der Waals surface area contributed by atoms with Gasteiger partial charge < -0.3 is 24.8 Å². The van der Waals surface area contributed by atoms with Crippen LogP contribution >= 0.6 is 0 Å². The van der Waals surface area contributed by atoms with Crippen molar-refractivity contribution in [3.8, 4) is 5.75 Å². The molecule has 138 valence electrons. The zero-order valence-corrected chi connectivity index (χ0v) is 15.3. The molecule has 0 aliphatic heterocycles. The third-order valence-corrected chi connectivity index (χ3v) is 3.01. The number of carbonyl (C=O) groups excluding carboxylic acids is 2. The van der Waals surface area contributed by atoms with Gasteiger partial charge in [0.05, 0.1) is 19.9 Å². The summed E-state index contributed by atoms with van der Waals surface area (Å²) in [6.45, 7) is 9.65. The Labute approximate surface area is 147 Å². The van der Waals surface area contributed by atoms with E-state index in [-0.39, 0.29) is 11.3 Å². The lowest BCUT2D eigenvalue weighted by molar-refractivity contribution is 0.0528. The van der Waals surface area contributed by atoms with Crippen LogP contribution in [-0.4, -0.2) is 51.7 Å². The van der Waals surface area contributed by atoms with Gasteiger partial charge in [-0.2, -0.15) is 0 Å². The summed E-state index contributed by atoms with van der Waals surface area (Å²) in [5, 5.41) is 5.74. The fourth-order valence-electron chi connectivity index (χ4n) is 2.02. The van der Waals surface area contributed by atoms with Gasteiger partial charge in [-0.1, -0.05) is 0 Å². The number of amides is 1. The summed E-state index contributed by atoms with van der Waals surface area (Å²) >= 11 is 0. The molecule has 0 aliphatic rings. The first kappa shape index (κ1) is 20.3. The van der Waals surface area contributed by atoms with Gasteiger partial charge in [0.25, 0.3) is 0 Å². The van der Waals surface area contributed by atoms with E-state index in [2.05, 4.69) is 22.3 Å². The molecular formula is C17H25N3O5. The van der Waals surface area contributed by atoms with E-state index in [1.165, 1.54) is 14.2 Å². The summed E-state index contributed by atoms with van der Waals surface area (Å²) in [5.74, 6) is -0.258. The second-order valence-electron chi connectivity index (χ2n) is 6.05. The average molecular weight is 351 g/mol. The Morgan fingerprint density at radius 2 is 1.88 bits per heavy atom. The van der Waals surface area contributed by atoms with Crippen LogP contribution in [0, 0.1) is 0 Å². The van der Waals surface area contributed by atoms with Crippen LogP contribution in [0.3, 0.4) is 0 Å². The number of alkyl carbamates (subject to hydrolysis) is 1. The van der Waals surface area contributed by atoms with Gasteiger partial charge in [-0.3, -0.25) is 4.99 Å². The number of anilines is 1. The molecule has 1 aromatic rings. The maximum atomic E-state index is 11.8. The van der Waals surface area contributed by atoms with Crippen LogP contribution in [0.1, 0.15) is 31.1 Å². The molecule has 8 nitrogen and oxygen atoms in total. The van der Waals surface area contributed by atoms with E-state index in [9.17, 15) is 9.59 Å². The van der Waals surface area contributed by atoms with E-state index >= 15 is 0 Å². The molecule has 2 N–H and O–H groups in total. The van der Waals surface area contributed by atoms with Crippen LogP contribution in [0.15, 0.2) is 17.1 Å². The third kappa shape index (κ3) is 5.98. The molecule has 0 saturated heterocycles. The Morgan fingerprint density at radius 1 is 1.20 bits per heavy atom. The Balaban J connectivity index is 2.75. The Morgan fingerprint density at radius 3 is 2.40 bits per heavy atom. The second-order valence-corrected chi connectivity index (χ2v) is 6.05. The second kappa shape index (κ2) is 8.91. The van der Waals surface area contributed by atoms with Gasteiger partial charge in [-0.25, -0.2) is 9.59 Å². The molecule has 1 amide bonds. The summed E-state index contributed by atoms with van der Waals surface area (Å²) in [5.41, 5.74) is 0.715. The minimum atomic E-state index is -0.547. The predicted molar refractivity (Wildman–Crippen MR) is 96.3 cm³/mol. The van der Waals surface area contributed by atoms with Gasteiger partial charge in [-0.15, -0.1) is 0 Å². The van der Waals surface area contributed by atoms with Crippen LogP contribution in [0.5, 0.6) is 5.75 Å². The number of rotatable bonds is 7. The number of aliphatic imine (C=N–C) groups is 1. The topological polar surface area (TPSA) is 98.2 Å². The number of hydrogen-bond acceptors (Lipinski definition) is 7. The Bertz CT molecular complexity index is 638. The number of benzene rings is 1. The molecule has 0 unspecified atom stereocenters. The molecule has 25 heavy (non-hydrogen) atoms. The van der Waals surface area contributed by atoms with E-state index in [0.717, 1.165) is 0 Å². The normalized spacial score (nSPS) is 10.6. The molecule has 0 bridgehead atoms. The molecule has 0 heterocycles. The standard InChI is InChI=1S/C17H25N3O5/c1-17(2,3)25-16(22)20-10-9-19-12-8-7-11(15(21)24-6)14(23-5)13(12)18-4/h7-8,19H,4,9-10H2,1-3,5-6H3,(H,20,22). The Hall–Kier alpha value is -2.77. The number of carbonyl (C=O) groups is 2. The van der Waals surface area contributed by atoms with Crippen molar-refractivity contribution in [2.24, 2.45) is 4.99 Å². The van der Waals surface area contributed by atoms with Crippen LogP contribution in [-0.2, 0) is 9.47 Å². The predicted octanol–water partition coefficient (Wildman–Crippen LogP) is 2.75. The van der Waals surface area contributed by atoms with E-state index in [1.54, 1.807) is 32.9 Å². The van der Waals surface area contributed by atoms with E-state index in [4.69, 9.17) is 14.2 Å². The maximum Gasteiger partial charge on any atom is 0.407 e. The van der Waals surface area contributed by atoms with Gasteiger partial charge in [-0.05, 0) is 39.6 Å². The largest absolute Gasteiger partial charge is 0.493 e. The highest BCUT2D eigenvalue weighted by molar-refractivity contribution is 5.97. The smallest absolute Gasteiger partial charge is 0.407 e. The third-order valence-electron chi connectivity index (χ3n) is 3.01. The summed E-state index contributed by atoms with van der Waals surface area (Å²) < 4.78 is 15.1. The van der Waals surface area contributed by atoms with Crippen LogP contribution < -0.4 is 15.4 Å². The SMILES string of the molecule is C=Nc1c(NCCNC(=O)OC(C)(C)C)ccc(C(=O)OC)c1OC. The number of hydrogen-bond donors (Lipinski definition) is 2. The fraction of sp³-hybridized carbons (Fsp3) is 0.471. The lowest BCUT2D eigenvalue weighted by atomic mass is 10.1. The summed E-state index contributed by atoms with van der Waals surface area (Å²) in [6.07, 6.45) is -0.491. The highest BCUT2D eigenvalue weighted by Gasteiger charge is 2.19. The zero-order valence-electron chi connectivity index (χ0n) is 15.3. The summed E-state index contributed by atoms with van der Waals surface area (Å²) in [4.78, 5) is 27.3. The number of ether oxygens (including phenoxy) is 3. The number of nitrogens with zero attached hydrogens (tertiary/aromatic N) is 1. The van der Waals surface area contributed by atoms with Crippen LogP contribution in [0.2, 0.25) is 0 Å². The number of nitrogens with one attached hydrogen (secondary N) is 2. The first-order valence-corrected chi connectivity index (χ1v) is 7.70. The molecule has 0 atom stereocenters. The van der Waals surface area contributed by atoms with Crippen molar-refractivity contribution in [1.29, 1.82) is 0 Å². The minimum absolute atomic E-state index is 0.254. The van der Waals surface area contributed by atoms with Crippen molar-refractivity contribution >= 4 is 30.2 Å². The van der Waals surface area contributed by atoms with E-state index in [1.807, 2.05) is 0 Å². The lowest BCUT2D eigenvalue weighted by Crippen LogP contribution is -2.35. The summed E-state index contributed by atoms with van der Waals surface area (Å²) in [7, 11) is 2.72. The molecule has 0 fully saturated rings. The number of esters is 1. The van der Waals surface area contributed by atoms with Crippen LogP contribution in [0.25, 0.3) is 0 Å². The first-order chi connectivity index (χ1) is 11.7. The van der Waals surface area contributed by atoms with E-state index < -0.39 is 17.7 Å². The molecule has 1 rings (SSSR count). The van der Waals surface area contributed by atoms with Crippen molar-refractivity contribution in [1.82, 2.24) is 5.32 Å². The highest BCUT2D eigenvalue weighted by atomic mass is 16.6. The molecule has 0 radical (unpaired) electrons. The molecule has 0 spiro atoms. The van der Waals surface area contributed by atoms with Crippen LogP contribution in [0.4, 0.5) is 16.2 Å². The Kier molecular flexibility index (Phi) is 7.22. The molecule has 0 aliphatic carbocycles. The molecule has 1 aromatic carbocycles. The highest BCUT2D eigenvalue weighted by Crippen LogP contribution is 2.38. The van der Waals surface area contributed by atoms with Gasteiger partial charge in [0.15, 0.2) is 5.75 Å². The minimum Gasteiger partial charge on any atom is -0.493 e. The zero-order chi connectivity index (χ0) is 19.0. The van der Waals surface area contributed by atoms with Crippen molar-refractivity contribution in [3.63, 3.8) is 0 Å². The first-order valence-electron chi connectivity index (χ1n) is 7.70. The van der Waals surface area contributed by atoms with E-state index in [0.29, 0.717) is 24.5 Å². The number of methoxy groups -OCH3 is 2. The van der Waals surface area contributed by atoms with Crippen molar-refractivity contribution in [2.75, 3.05) is 32.6 Å². The monoisotopic (exact) mass is 351 g/mol. The molecular weight excluding hydrogens is 326 g/mol. The van der Waals surface area contributed by atoms with Crippen molar-refractivity contribution in [3.05, 3.63) is 17.7 Å². The fourth-order valence-corrected chi connectivity index (χ4v) is 2.02. The van der Waals surface area contributed by atoms with Gasteiger partial charge in [0.1, 0.15) is 16.9 Å². The van der Waals surface area contributed by atoms with Gasteiger partial charge in [0.2, 0.25) is 0 Å². The lowest BCUT2D eigenvalue weighted by Gasteiger charge is -2.20. The average Bonchev–Trinajstić information content (AvgIpc) is 2.55. The summed E-state index contributed by atoms with van der Waals surface area (Å²) in [6, 6.07) is 3.25. The molecule has 8 heteroatoms. The quantitative estimate of drug-likeness (QED) is 0.445. The van der Waals surface area contributed by atoms with Gasteiger partial charge in [0, 0.05) is 13.1 Å². The van der Waals surface area contributed by atoms with Crippen molar-refractivity contribution < 1.29 is 23.8 Å². The molecule has 0 aromatic heterocycles. The van der Waals surface area contributed by atoms with Gasteiger partial charge >= 0.3 is 12.1 Å².